The van der Waals surface area contributed by atoms with Crippen LogP contribution < -0.4 is 0 Å². The van der Waals surface area contributed by atoms with Gasteiger partial charge in [0.2, 0.25) is 0 Å². The Morgan fingerprint density at radius 1 is 1.33 bits per heavy atom. The maximum absolute atomic E-state index is 12.2. The van der Waals surface area contributed by atoms with Crippen molar-refractivity contribution in [3.8, 4) is 6.07 Å². The average Bonchev–Trinajstić information content (AvgIpc) is 2.49. The normalized spacial score (nSPS) is 31.0. The highest BCUT2D eigenvalue weighted by atomic mass is 16.6. The average molecular weight is 250 g/mol. The van der Waals surface area contributed by atoms with Crippen LogP contribution in [0.3, 0.4) is 0 Å². The molecule has 2 aliphatic rings. The van der Waals surface area contributed by atoms with E-state index in [1.807, 2.05) is 25.7 Å². The summed E-state index contributed by atoms with van der Waals surface area (Å²) in [7, 11) is 0. The predicted octanol–water partition coefficient (Wildman–Crippen LogP) is 3.08. The fourth-order valence-electron chi connectivity index (χ4n) is 3.20. The summed E-state index contributed by atoms with van der Waals surface area (Å²) in [5, 5.41) is 8.78. The van der Waals surface area contributed by atoms with Gasteiger partial charge in [-0.3, -0.25) is 0 Å². The van der Waals surface area contributed by atoms with Crippen molar-refractivity contribution < 1.29 is 9.53 Å². The van der Waals surface area contributed by atoms with Crippen LogP contribution in [0.15, 0.2) is 0 Å². The fraction of sp³-hybridized carbons (Fsp3) is 0.857. The number of rotatable bonds is 1. The van der Waals surface area contributed by atoms with E-state index in [0.29, 0.717) is 12.3 Å². The smallest absolute Gasteiger partial charge is 0.410 e. The molecule has 2 rings (SSSR count). The van der Waals surface area contributed by atoms with Gasteiger partial charge in [-0.05, 0) is 52.4 Å². The Balaban J connectivity index is 2.01. The first kappa shape index (κ1) is 13.2. The molecule has 0 spiro atoms. The number of hydrogen-bond acceptors (Lipinski definition) is 3. The second-order valence-electron chi connectivity index (χ2n) is 6.47. The number of nitriles is 1. The molecule has 0 aromatic rings. The lowest BCUT2D eigenvalue weighted by Crippen LogP contribution is -2.48. The maximum atomic E-state index is 12.2. The van der Waals surface area contributed by atoms with Crippen molar-refractivity contribution in [3.63, 3.8) is 0 Å². The van der Waals surface area contributed by atoms with Crippen molar-refractivity contribution in [2.24, 2.45) is 5.92 Å². The summed E-state index contributed by atoms with van der Waals surface area (Å²) in [6.07, 6.45) is 4.49. The van der Waals surface area contributed by atoms with Crippen LogP contribution >= 0.6 is 0 Å². The molecule has 4 nitrogen and oxygen atoms in total. The number of nitrogens with zero attached hydrogens (tertiary/aromatic N) is 2. The third-order valence-electron chi connectivity index (χ3n) is 3.81. The largest absolute Gasteiger partial charge is 0.444 e. The summed E-state index contributed by atoms with van der Waals surface area (Å²) < 4.78 is 5.48. The van der Waals surface area contributed by atoms with Crippen molar-refractivity contribution in [1.29, 1.82) is 5.26 Å². The first-order valence-electron chi connectivity index (χ1n) is 6.79. The number of carbonyl (C=O) groups is 1. The summed E-state index contributed by atoms with van der Waals surface area (Å²) in [6.45, 7) is 5.69. The van der Waals surface area contributed by atoms with Crippen LogP contribution in [0.4, 0.5) is 4.79 Å². The van der Waals surface area contributed by atoms with E-state index in [-0.39, 0.29) is 18.2 Å². The Kier molecular flexibility index (Phi) is 3.52. The summed E-state index contributed by atoms with van der Waals surface area (Å²) in [6, 6.07) is 2.83. The molecule has 2 fully saturated rings. The lowest BCUT2D eigenvalue weighted by Gasteiger charge is -2.38. The molecule has 0 saturated carbocycles. The summed E-state index contributed by atoms with van der Waals surface area (Å²) in [4.78, 5) is 14.1. The molecule has 2 bridgehead atoms. The lowest BCUT2D eigenvalue weighted by atomic mass is 9.89. The molecular weight excluding hydrogens is 228 g/mol. The van der Waals surface area contributed by atoms with Gasteiger partial charge in [0.25, 0.3) is 0 Å². The van der Waals surface area contributed by atoms with E-state index in [9.17, 15) is 4.79 Å². The molecule has 2 saturated heterocycles. The van der Waals surface area contributed by atoms with Gasteiger partial charge in [0.05, 0.1) is 6.07 Å². The Labute approximate surface area is 109 Å². The number of hydrogen-bond donors (Lipinski definition) is 0. The van der Waals surface area contributed by atoms with Crippen LogP contribution in [0.2, 0.25) is 0 Å². The molecule has 100 valence electrons. The molecule has 4 heteroatoms. The zero-order chi connectivity index (χ0) is 13.3. The van der Waals surface area contributed by atoms with Crippen LogP contribution in [-0.4, -0.2) is 28.7 Å². The highest BCUT2D eigenvalue weighted by Crippen LogP contribution is 2.40. The second kappa shape index (κ2) is 4.79. The monoisotopic (exact) mass is 250 g/mol. The topological polar surface area (TPSA) is 53.3 Å². The number of amides is 1. The Morgan fingerprint density at radius 3 is 2.33 bits per heavy atom. The van der Waals surface area contributed by atoms with Crippen LogP contribution in [0.5, 0.6) is 0 Å². The van der Waals surface area contributed by atoms with Gasteiger partial charge in [-0.25, -0.2) is 4.79 Å². The van der Waals surface area contributed by atoms with E-state index in [4.69, 9.17) is 10.00 Å². The maximum Gasteiger partial charge on any atom is 0.410 e. The summed E-state index contributed by atoms with van der Waals surface area (Å²) in [5.41, 5.74) is -0.431. The van der Waals surface area contributed by atoms with E-state index in [1.54, 1.807) is 0 Å². The molecule has 0 unspecified atom stereocenters. The summed E-state index contributed by atoms with van der Waals surface area (Å²) in [5.74, 6) is 0.464. The molecule has 2 heterocycles. The molecule has 3 atom stereocenters. The van der Waals surface area contributed by atoms with Crippen LogP contribution in [0, 0.1) is 17.2 Å². The first-order valence-corrected chi connectivity index (χ1v) is 6.79. The molecule has 1 amide bonds. The van der Waals surface area contributed by atoms with Gasteiger partial charge >= 0.3 is 6.09 Å². The quantitative estimate of drug-likeness (QED) is 0.718. The van der Waals surface area contributed by atoms with Crippen molar-refractivity contribution in [3.05, 3.63) is 0 Å². The molecule has 0 aromatic carbocycles. The predicted molar refractivity (Wildman–Crippen MR) is 67.8 cm³/mol. The SMILES string of the molecule is CC(C)(C)OC(=O)N1[C@@H]2CC[C@H]1C[C@H](CC#N)C2. The Morgan fingerprint density at radius 2 is 1.89 bits per heavy atom. The van der Waals surface area contributed by atoms with Crippen LogP contribution in [0.25, 0.3) is 0 Å². The minimum atomic E-state index is -0.431. The summed E-state index contributed by atoms with van der Waals surface area (Å²) >= 11 is 0. The number of carbonyl (C=O) groups excluding carboxylic acids is 1. The minimum absolute atomic E-state index is 0.176. The zero-order valence-electron chi connectivity index (χ0n) is 11.5. The molecular formula is C14H22N2O2. The molecule has 2 aliphatic heterocycles. The zero-order valence-corrected chi connectivity index (χ0v) is 11.5. The van der Waals surface area contributed by atoms with Gasteiger partial charge in [0.15, 0.2) is 0 Å². The van der Waals surface area contributed by atoms with Crippen molar-refractivity contribution in [1.82, 2.24) is 4.90 Å². The Hall–Kier alpha value is -1.24. The highest BCUT2D eigenvalue weighted by Gasteiger charge is 2.44. The number of piperidine rings is 1. The Bertz CT molecular complexity index is 353. The standard InChI is InChI=1S/C14H22N2O2/c1-14(2,3)18-13(17)16-11-4-5-12(16)9-10(8-11)6-7-15/h10-12H,4-6,8-9H2,1-3H3/t10-,11-,12+. The van der Waals surface area contributed by atoms with Gasteiger partial charge in [-0.15, -0.1) is 0 Å². The van der Waals surface area contributed by atoms with Gasteiger partial charge in [0.1, 0.15) is 5.60 Å². The number of fused-ring (bicyclic) bond motifs is 2. The first-order chi connectivity index (χ1) is 8.40. The van der Waals surface area contributed by atoms with Crippen molar-refractivity contribution in [2.75, 3.05) is 0 Å². The van der Waals surface area contributed by atoms with Crippen molar-refractivity contribution in [2.45, 2.75) is 70.6 Å². The third-order valence-corrected chi connectivity index (χ3v) is 3.81. The minimum Gasteiger partial charge on any atom is -0.444 e. The molecule has 0 aromatic heterocycles. The second-order valence-corrected chi connectivity index (χ2v) is 6.47. The van der Waals surface area contributed by atoms with E-state index >= 15 is 0 Å². The van der Waals surface area contributed by atoms with Crippen LogP contribution in [-0.2, 0) is 4.74 Å². The lowest BCUT2D eigenvalue weighted by molar-refractivity contribution is 0.00240. The third kappa shape index (κ3) is 2.77. The van der Waals surface area contributed by atoms with Gasteiger partial charge in [-0.2, -0.15) is 5.26 Å². The molecule has 0 N–H and O–H groups in total. The van der Waals surface area contributed by atoms with E-state index in [0.717, 1.165) is 25.7 Å². The molecule has 0 aliphatic carbocycles. The van der Waals surface area contributed by atoms with Gasteiger partial charge in [0, 0.05) is 18.5 Å². The molecule has 18 heavy (non-hydrogen) atoms. The van der Waals surface area contributed by atoms with Gasteiger partial charge < -0.3 is 9.64 Å². The fourth-order valence-corrected chi connectivity index (χ4v) is 3.20. The van der Waals surface area contributed by atoms with E-state index in [2.05, 4.69) is 6.07 Å². The van der Waals surface area contributed by atoms with E-state index in [1.165, 1.54) is 0 Å². The highest BCUT2D eigenvalue weighted by molar-refractivity contribution is 5.69. The van der Waals surface area contributed by atoms with Gasteiger partial charge in [-0.1, -0.05) is 0 Å². The number of ether oxygens (including phenoxy) is 1. The van der Waals surface area contributed by atoms with Crippen molar-refractivity contribution >= 4 is 6.09 Å². The molecule has 0 radical (unpaired) electrons. The van der Waals surface area contributed by atoms with Crippen LogP contribution in [0.1, 0.15) is 52.9 Å². The van der Waals surface area contributed by atoms with E-state index < -0.39 is 5.60 Å².